The van der Waals surface area contributed by atoms with Crippen LogP contribution in [-0.2, 0) is 13.2 Å². The summed E-state index contributed by atoms with van der Waals surface area (Å²) in [6.07, 6.45) is 1.57. The van der Waals surface area contributed by atoms with Crippen LogP contribution in [0, 0.1) is 6.92 Å². The van der Waals surface area contributed by atoms with Gasteiger partial charge in [0.25, 0.3) is 0 Å². The molecule has 102 valence electrons. The second kappa shape index (κ2) is 5.87. The molecule has 2 rings (SSSR count). The quantitative estimate of drug-likeness (QED) is 0.827. The molecule has 0 spiro atoms. The SMILES string of the molecule is CCn1ncnc1COc1cc(C(C)C)ccc1C. The van der Waals surface area contributed by atoms with Crippen LogP contribution in [-0.4, -0.2) is 14.8 Å². The summed E-state index contributed by atoms with van der Waals surface area (Å²) < 4.78 is 7.74. The molecular formula is C15H21N3O. The molecule has 0 unspecified atom stereocenters. The third kappa shape index (κ3) is 3.13. The van der Waals surface area contributed by atoms with Gasteiger partial charge >= 0.3 is 0 Å². The van der Waals surface area contributed by atoms with Crippen LogP contribution in [0.25, 0.3) is 0 Å². The van der Waals surface area contributed by atoms with Crippen LogP contribution in [0.2, 0.25) is 0 Å². The van der Waals surface area contributed by atoms with E-state index >= 15 is 0 Å². The van der Waals surface area contributed by atoms with Gasteiger partial charge < -0.3 is 4.74 Å². The van der Waals surface area contributed by atoms with Gasteiger partial charge in [-0.2, -0.15) is 5.10 Å². The zero-order valence-corrected chi connectivity index (χ0v) is 12.1. The zero-order chi connectivity index (χ0) is 13.8. The average molecular weight is 259 g/mol. The summed E-state index contributed by atoms with van der Waals surface area (Å²) in [5, 5.41) is 4.14. The molecule has 0 N–H and O–H groups in total. The first kappa shape index (κ1) is 13.6. The Morgan fingerprint density at radius 3 is 2.79 bits per heavy atom. The van der Waals surface area contributed by atoms with Gasteiger partial charge in [0.05, 0.1) is 0 Å². The molecule has 0 amide bonds. The van der Waals surface area contributed by atoms with Crippen LogP contribution in [0.5, 0.6) is 5.75 Å². The zero-order valence-electron chi connectivity index (χ0n) is 12.1. The Bertz CT molecular complexity index is 546. The molecule has 2 aromatic rings. The summed E-state index contributed by atoms with van der Waals surface area (Å²) in [5.74, 6) is 2.29. The highest BCUT2D eigenvalue weighted by atomic mass is 16.5. The Balaban J connectivity index is 2.13. The van der Waals surface area contributed by atoms with Crippen LogP contribution < -0.4 is 4.74 Å². The Morgan fingerprint density at radius 1 is 1.32 bits per heavy atom. The van der Waals surface area contributed by atoms with E-state index in [9.17, 15) is 0 Å². The number of ether oxygens (including phenoxy) is 1. The Kier molecular flexibility index (Phi) is 4.20. The van der Waals surface area contributed by atoms with Gasteiger partial charge in [-0.05, 0) is 37.0 Å². The fourth-order valence-electron chi connectivity index (χ4n) is 1.94. The molecule has 0 aliphatic carbocycles. The van der Waals surface area contributed by atoms with Crippen molar-refractivity contribution in [3.8, 4) is 5.75 Å². The third-order valence-corrected chi connectivity index (χ3v) is 3.23. The molecule has 4 heteroatoms. The predicted octanol–water partition coefficient (Wildman–Crippen LogP) is 3.31. The van der Waals surface area contributed by atoms with Crippen LogP contribution in [0.1, 0.15) is 43.6 Å². The number of hydrogen-bond donors (Lipinski definition) is 0. The number of aromatic nitrogens is 3. The van der Waals surface area contributed by atoms with Crippen LogP contribution in [0.4, 0.5) is 0 Å². The van der Waals surface area contributed by atoms with Crippen LogP contribution in [0.15, 0.2) is 24.5 Å². The van der Waals surface area contributed by atoms with E-state index in [1.54, 1.807) is 6.33 Å². The molecule has 0 saturated carbocycles. The van der Waals surface area contributed by atoms with Crippen molar-refractivity contribution in [2.24, 2.45) is 0 Å². The van der Waals surface area contributed by atoms with Gasteiger partial charge in [0.15, 0.2) is 5.82 Å². The summed E-state index contributed by atoms with van der Waals surface area (Å²) in [6, 6.07) is 6.38. The topological polar surface area (TPSA) is 39.9 Å². The maximum absolute atomic E-state index is 5.89. The van der Waals surface area contributed by atoms with E-state index in [2.05, 4.69) is 49.1 Å². The van der Waals surface area contributed by atoms with E-state index in [0.717, 1.165) is 23.7 Å². The van der Waals surface area contributed by atoms with Gasteiger partial charge in [0.2, 0.25) is 0 Å². The fourth-order valence-corrected chi connectivity index (χ4v) is 1.94. The molecule has 0 aliphatic heterocycles. The van der Waals surface area contributed by atoms with Gasteiger partial charge in [0.1, 0.15) is 18.7 Å². The highest BCUT2D eigenvalue weighted by Crippen LogP contribution is 2.24. The van der Waals surface area contributed by atoms with Crippen molar-refractivity contribution >= 4 is 0 Å². The van der Waals surface area contributed by atoms with Crippen LogP contribution >= 0.6 is 0 Å². The molecule has 19 heavy (non-hydrogen) atoms. The minimum Gasteiger partial charge on any atom is -0.485 e. The summed E-state index contributed by atoms with van der Waals surface area (Å²) in [7, 11) is 0. The standard InChI is InChI=1S/C15H21N3O/c1-5-18-15(16-10-17-18)9-19-14-8-13(11(2)3)7-6-12(14)4/h6-8,10-11H,5,9H2,1-4H3. The van der Waals surface area contributed by atoms with Crippen molar-refractivity contribution in [2.45, 2.75) is 46.8 Å². The summed E-state index contributed by atoms with van der Waals surface area (Å²) in [4.78, 5) is 4.22. The molecule has 0 saturated heterocycles. The van der Waals surface area contributed by atoms with E-state index in [-0.39, 0.29) is 0 Å². The minimum absolute atomic E-state index is 0.455. The van der Waals surface area contributed by atoms with Crippen molar-refractivity contribution < 1.29 is 4.74 Å². The fraction of sp³-hybridized carbons (Fsp3) is 0.467. The molecule has 1 aromatic heterocycles. The van der Waals surface area contributed by atoms with E-state index in [1.807, 2.05) is 11.6 Å². The van der Waals surface area contributed by atoms with Gasteiger partial charge in [-0.1, -0.05) is 26.0 Å². The van der Waals surface area contributed by atoms with E-state index in [0.29, 0.717) is 12.5 Å². The summed E-state index contributed by atoms with van der Waals surface area (Å²) in [6.45, 7) is 9.73. The normalized spacial score (nSPS) is 11.0. The molecule has 0 aliphatic rings. The Labute approximate surface area is 114 Å². The maximum Gasteiger partial charge on any atom is 0.164 e. The lowest BCUT2D eigenvalue weighted by molar-refractivity contribution is 0.285. The van der Waals surface area contributed by atoms with Crippen LogP contribution in [0.3, 0.4) is 0 Å². The largest absolute Gasteiger partial charge is 0.485 e. The molecule has 0 atom stereocenters. The molecule has 0 radical (unpaired) electrons. The summed E-state index contributed by atoms with van der Waals surface area (Å²) in [5.41, 5.74) is 2.43. The number of benzene rings is 1. The van der Waals surface area contributed by atoms with Crippen molar-refractivity contribution in [3.63, 3.8) is 0 Å². The molecule has 0 fully saturated rings. The van der Waals surface area contributed by atoms with Crippen molar-refractivity contribution in [1.29, 1.82) is 0 Å². The number of aryl methyl sites for hydroxylation is 2. The number of hydrogen-bond acceptors (Lipinski definition) is 3. The Hall–Kier alpha value is -1.84. The molecule has 0 bridgehead atoms. The monoisotopic (exact) mass is 259 g/mol. The second-order valence-electron chi connectivity index (χ2n) is 4.96. The van der Waals surface area contributed by atoms with Gasteiger partial charge in [0, 0.05) is 6.54 Å². The lowest BCUT2D eigenvalue weighted by atomic mass is 10.0. The minimum atomic E-state index is 0.455. The Morgan fingerprint density at radius 2 is 2.11 bits per heavy atom. The molecule has 1 aromatic carbocycles. The summed E-state index contributed by atoms with van der Waals surface area (Å²) >= 11 is 0. The lowest BCUT2D eigenvalue weighted by Gasteiger charge is -2.12. The first-order valence-electron chi connectivity index (χ1n) is 6.71. The number of nitrogens with zero attached hydrogens (tertiary/aromatic N) is 3. The van der Waals surface area contributed by atoms with E-state index in [4.69, 9.17) is 4.74 Å². The lowest BCUT2D eigenvalue weighted by Crippen LogP contribution is -2.08. The second-order valence-corrected chi connectivity index (χ2v) is 4.96. The van der Waals surface area contributed by atoms with Gasteiger partial charge in [-0.25, -0.2) is 9.67 Å². The first-order valence-corrected chi connectivity index (χ1v) is 6.71. The molecule has 1 heterocycles. The smallest absolute Gasteiger partial charge is 0.164 e. The van der Waals surface area contributed by atoms with Crippen molar-refractivity contribution in [3.05, 3.63) is 41.5 Å². The highest BCUT2D eigenvalue weighted by Gasteiger charge is 2.07. The first-order chi connectivity index (χ1) is 9.11. The average Bonchev–Trinajstić information content (AvgIpc) is 2.85. The maximum atomic E-state index is 5.89. The molecule has 4 nitrogen and oxygen atoms in total. The highest BCUT2D eigenvalue weighted by molar-refractivity contribution is 5.37. The van der Waals surface area contributed by atoms with Crippen molar-refractivity contribution in [2.75, 3.05) is 0 Å². The van der Waals surface area contributed by atoms with Crippen molar-refractivity contribution in [1.82, 2.24) is 14.8 Å². The van der Waals surface area contributed by atoms with Gasteiger partial charge in [-0.15, -0.1) is 0 Å². The van der Waals surface area contributed by atoms with E-state index in [1.165, 1.54) is 5.56 Å². The van der Waals surface area contributed by atoms with E-state index < -0.39 is 0 Å². The van der Waals surface area contributed by atoms with Gasteiger partial charge in [-0.3, -0.25) is 0 Å². The third-order valence-electron chi connectivity index (χ3n) is 3.23. The number of rotatable bonds is 5. The predicted molar refractivity (Wildman–Crippen MR) is 75.3 cm³/mol. The molecular weight excluding hydrogens is 238 g/mol.